The van der Waals surface area contributed by atoms with Crippen molar-refractivity contribution in [3.05, 3.63) is 0 Å². The van der Waals surface area contributed by atoms with Crippen molar-refractivity contribution in [1.29, 1.82) is 0 Å². The molecule has 0 rings (SSSR count). The van der Waals surface area contributed by atoms with E-state index in [0.717, 1.165) is 6.42 Å². The molecule has 7 heteroatoms. The van der Waals surface area contributed by atoms with Gasteiger partial charge in [-0.15, -0.1) is 0 Å². The fraction of sp³-hybridized carbons (Fsp3) is 0.700. The van der Waals surface area contributed by atoms with E-state index in [-0.39, 0.29) is 12.3 Å². The summed E-state index contributed by atoms with van der Waals surface area (Å²) in [6.07, 6.45) is 0.466. The smallest absolute Gasteiger partial charge is 0.326 e. The Morgan fingerprint density at radius 3 is 2.24 bits per heavy atom. The average molecular weight is 245 g/mol. The molecule has 2 atom stereocenters. The van der Waals surface area contributed by atoms with Crippen molar-refractivity contribution in [2.75, 3.05) is 6.54 Å². The summed E-state index contributed by atoms with van der Waals surface area (Å²) >= 11 is 0. The van der Waals surface area contributed by atoms with Crippen LogP contribution in [0, 0.1) is 5.92 Å². The minimum absolute atomic E-state index is 0.0121. The highest BCUT2D eigenvalue weighted by atomic mass is 16.4. The van der Waals surface area contributed by atoms with E-state index < -0.39 is 30.2 Å². The molecule has 0 fully saturated rings. The maximum atomic E-state index is 11.5. The highest BCUT2D eigenvalue weighted by molar-refractivity contribution is 5.88. The first-order chi connectivity index (χ1) is 7.90. The van der Waals surface area contributed by atoms with Crippen molar-refractivity contribution in [1.82, 2.24) is 5.32 Å². The monoisotopic (exact) mass is 245 g/mol. The standard InChI is InChI=1S/C10H19N3O4/c1-2-6(5-11)3-9(15)13-7(10(16)17)4-8(12)14/h6-7H,2-5,11H2,1H3,(H2,12,14)(H,13,15)(H,16,17)/t6?,7-/m0/s1. The predicted octanol–water partition coefficient (Wildman–Crippen LogP) is -1.19. The van der Waals surface area contributed by atoms with Crippen molar-refractivity contribution in [2.24, 2.45) is 17.4 Å². The van der Waals surface area contributed by atoms with E-state index in [1.807, 2.05) is 6.92 Å². The average Bonchev–Trinajstić information content (AvgIpc) is 2.24. The molecule has 6 N–H and O–H groups in total. The lowest BCUT2D eigenvalue weighted by molar-refractivity contribution is -0.143. The Balaban J connectivity index is 4.30. The van der Waals surface area contributed by atoms with E-state index in [0.29, 0.717) is 6.54 Å². The largest absolute Gasteiger partial charge is 0.480 e. The summed E-state index contributed by atoms with van der Waals surface area (Å²) in [5.41, 5.74) is 10.3. The lowest BCUT2D eigenvalue weighted by atomic mass is 10.0. The zero-order chi connectivity index (χ0) is 13.4. The maximum absolute atomic E-state index is 11.5. The zero-order valence-electron chi connectivity index (χ0n) is 9.81. The van der Waals surface area contributed by atoms with Crippen LogP contribution >= 0.6 is 0 Å². The first-order valence-corrected chi connectivity index (χ1v) is 5.41. The molecule has 0 aromatic heterocycles. The Morgan fingerprint density at radius 2 is 1.88 bits per heavy atom. The van der Waals surface area contributed by atoms with Crippen LogP contribution < -0.4 is 16.8 Å². The summed E-state index contributed by atoms with van der Waals surface area (Å²) in [4.78, 5) is 32.9. The summed E-state index contributed by atoms with van der Waals surface area (Å²) in [7, 11) is 0. The molecule has 2 amide bonds. The van der Waals surface area contributed by atoms with Gasteiger partial charge in [0.15, 0.2) is 0 Å². The van der Waals surface area contributed by atoms with Crippen molar-refractivity contribution in [2.45, 2.75) is 32.2 Å². The van der Waals surface area contributed by atoms with E-state index in [9.17, 15) is 14.4 Å². The second-order valence-electron chi connectivity index (χ2n) is 3.84. The molecule has 0 bridgehead atoms. The summed E-state index contributed by atoms with van der Waals surface area (Å²) in [5.74, 6) is -2.48. The number of aliphatic carboxylic acids is 1. The number of hydrogen-bond donors (Lipinski definition) is 4. The highest BCUT2D eigenvalue weighted by Gasteiger charge is 2.22. The zero-order valence-corrected chi connectivity index (χ0v) is 9.81. The van der Waals surface area contributed by atoms with E-state index in [4.69, 9.17) is 16.6 Å². The van der Waals surface area contributed by atoms with Gasteiger partial charge in [0.2, 0.25) is 11.8 Å². The number of hydrogen-bond acceptors (Lipinski definition) is 4. The number of primary amides is 1. The molecule has 17 heavy (non-hydrogen) atoms. The van der Waals surface area contributed by atoms with Crippen LogP contribution in [0.1, 0.15) is 26.2 Å². The van der Waals surface area contributed by atoms with E-state index in [1.165, 1.54) is 0 Å². The van der Waals surface area contributed by atoms with Crippen molar-refractivity contribution < 1.29 is 19.5 Å². The van der Waals surface area contributed by atoms with Crippen LogP contribution in [-0.4, -0.2) is 35.5 Å². The Hall–Kier alpha value is -1.63. The summed E-state index contributed by atoms with van der Waals surface area (Å²) in [6, 6.07) is -1.27. The van der Waals surface area contributed by atoms with Gasteiger partial charge in [-0.05, 0) is 12.5 Å². The highest BCUT2D eigenvalue weighted by Crippen LogP contribution is 2.06. The number of rotatable bonds is 8. The molecule has 0 aromatic rings. The van der Waals surface area contributed by atoms with Crippen molar-refractivity contribution >= 4 is 17.8 Å². The normalized spacial score (nSPS) is 13.8. The van der Waals surface area contributed by atoms with Gasteiger partial charge in [-0.2, -0.15) is 0 Å². The number of nitrogens with two attached hydrogens (primary N) is 2. The molecule has 0 saturated heterocycles. The van der Waals surface area contributed by atoms with Gasteiger partial charge >= 0.3 is 5.97 Å². The van der Waals surface area contributed by atoms with Gasteiger partial charge in [-0.3, -0.25) is 9.59 Å². The number of amides is 2. The topological polar surface area (TPSA) is 136 Å². The van der Waals surface area contributed by atoms with Crippen LogP contribution in [-0.2, 0) is 14.4 Å². The molecule has 0 aromatic carbocycles. The van der Waals surface area contributed by atoms with Gasteiger partial charge in [0.05, 0.1) is 6.42 Å². The maximum Gasteiger partial charge on any atom is 0.326 e. The summed E-state index contributed by atoms with van der Waals surface area (Å²) in [5, 5.41) is 11.0. The van der Waals surface area contributed by atoms with Crippen LogP contribution in [0.5, 0.6) is 0 Å². The van der Waals surface area contributed by atoms with Gasteiger partial charge in [-0.1, -0.05) is 13.3 Å². The van der Waals surface area contributed by atoms with Crippen LogP contribution in [0.2, 0.25) is 0 Å². The molecule has 7 nitrogen and oxygen atoms in total. The first-order valence-electron chi connectivity index (χ1n) is 5.41. The van der Waals surface area contributed by atoms with Gasteiger partial charge in [0.25, 0.3) is 0 Å². The predicted molar refractivity (Wildman–Crippen MR) is 60.8 cm³/mol. The first kappa shape index (κ1) is 15.4. The lowest BCUT2D eigenvalue weighted by Crippen LogP contribution is -2.44. The van der Waals surface area contributed by atoms with E-state index in [2.05, 4.69) is 5.32 Å². The number of carboxylic acid groups (broad SMARTS) is 1. The number of carboxylic acids is 1. The molecule has 0 aliphatic rings. The van der Waals surface area contributed by atoms with Crippen molar-refractivity contribution in [3.63, 3.8) is 0 Å². The summed E-state index contributed by atoms with van der Waals surface area (Å²) < 4.78 is 0. The fourth-order valence-electron chi connectivity index (χ4n) is 1.31. The molecule has 0 aliphatic heterocycles. The third kappa shape index (κ3) is 6.52. The van der Waals surface area contributed by atoms with Gasteiger partial charge < -0.3 is 21.9 Å². The third-order valence-electron chi connectivity index (χ3n) is 2.42. The van der Waals surface area contributed by atoms with E-state index in [1.54, 1.807) is 0 Å². The third-order valence-corrected chi connectivity index (χ3v) is 2.42. The second kappa shape index (κ2) is 7.61. The van der Waals surface area contributed by atoms with Crippen molar-refractivity contribution in [3.8, 4) is 0 Å². The molecule has 0 radical (unpaired) electrons. The molecule has 0 spiro atoms. The number of nitrogens with one attached hydrogen (secondary N) is 1. The van der Waals surface area contributed by atoms with Crippen LogP contribution in [0.4, 0.5) is 0 Å². The summed E-state index contributed by atoms with van der Waals surface area (Å²) in [6.45, 7) is 2.25. The molecule has 0 aliphatic carbocycles. The van der Waals surface area contributed by atoms with Gasteiger partial charge in [0, 0.05) is 6.42 Å². The Kier molecular flexibility index (Phi) is 6.88. The van der Waals surface area contributed by atoms with Gasteiger partial charge in [-0.25, -0.2) is 4.79 Å². The van der Waals surface area contributed by atoms with Crippen LogP contribution in [0.3, 0.4) is 0 Å². The molecule has 0 heterocycles. The Labute approximate surface area is 99.5 Å². The fourth-order valence-corrected chi connectivity index (χ4v) is 1.31. The number of carbonyl (C=O) groups is 3. The van der Waals surface area contributed by atoms with E-state index >= 15 is 0 Å². The number of carbonyl (C=O) groups excluding carboxylic acids is 2. The molecule has 1 unspecified atom stereocenters. The SMILES string of the molecule is CCC(CN)CC(=O)N[C@@H](CC(N)=O)C(=O)O. The van der Waals surface area contributed by atoms with Crippen LogP contribution in [0.25, 0.3) is 0 Å². The quantitative estimate of drug-likeness (QED) is 0.426. The van der Waals surface area contributed by atoms with Crippen LogP contribution in [0.15, 0.2) is 0 Å². The molecule has 98 valence electrons. The Morgan fingerprint density at radius 1 is 1.29 bits per heavy atom. The molecular formula is C10H19N3O4. The minimum atomic E-state index is -1.28. The minimum Gasteiger partial charge on any atom is -0.480 e. The molecule has 0 saturated carbocycles. The second-order valence-corrected chi connectivity index (χ2v) is 3.84. The lowest BCUT2D eigenvalue weighted by Gasteiger charge is -2.15. The Bertz CT molecular complexity index is 289. The molecular weight excluding hydrogens is 226 g/mol. The van der Waals surface area contributed by atoms with Gasteiger partial charge in [0.1, 0.15) is 6.04 Å².